The lowest BCUT2D eigenvalue weighted by atomic mass is 10.0. The van der Waals surface area contributed by atoms with E-state index in [-0.39, 0.29) is 4.90 Å². The Morgan fingerprint density at radius 3 is 1.94 bits per heavy atom. The Morgan fingerprint density at radius 1 is 0.903 bits per heavy atom. The SMILES string of the molecule is CCOc1ccc(CC(=S)Cc2ccc(S(=O)(=O)Nc3cc(Cl)cc(Cl)c3)cc2)cc1. The first kappa shape index (κ1) is 23.5. The van der Waals surface area contributed by atoms with Crippen molar-refractivity contribution in [1.29, 1.82) is 0 Å². The maximum atomic E-state index is 12.6. The van der Waals surface area contributed by atoms with Gasteiger partial charge in [0.2, 0.25) is 0 Å². The van der Waals surface area contributed by atoms with E-state index in [0.717, 1.165) is 21.7 Å². The molecule has 0 aliphatic carbocycles. The van der Waals surface area contributed by atoms with E-state index in [1.807, 2.05) is 31.2 Å². The van der Waals surface area contributed by atoms with E-state index < -0.39 is 10.0 Å². The number of hydrogen-bond acceptors (Lipinski definition) is 4. The van der Waals surface area contributed by atoms with Crippen LogP contribution in [0.15, 0.2) is 71.6 Å². The highest BCUT2D eigenvalue weighted by molar-refractivity contribution is 7.92. The lowest BCUT2D eigenvalue weighted by molar-refractivity contribution is 0.340. The maximum absolute atomic E-state index is 12.6. The molecule has 0 radical (unpaired) electrons. The van der Waals surface area contributed by atoms with E-state index in [4.69, 9.17) is 40.2 Å². The van der Waals surface area contributed by atoms with E-state index in [9.17, 15) is 8.42 Å². The molecule has 0 bridgehead atoms. The van der Waals surface area contributed by atoms with Gasteiger partial charge in [0.05, 0.1) is 17.2 Å². The van der Waals surface area contributed by atoms with Crippen LogP contribution in [0.3, 0.4) is 0 Å². The molecular formula is C23H21Cl2NO3S2. The highest BCUT2D eigenvalue weighted by atomic mass is 35.5. The van der Waals surface area contributed by atoms with Gasteiger partial charge in [-0.1, -0.05) is 59.7 Å². The minimum absolute atomic E-state index is 0.143. The van der Waals surface area contributed by atoms with Gasteiger partial charge in [0.15, 0.2) is 0 Å². The van der Waals surface area contributed by atoms with Crippen molar-refractivity contribution in [2.75, 3.05) is 11.3 Å². The summed E-state index contributed by atoms with van der Waals surface area (Å²) < 4.78 is 33.2. The van der Waals surface area contributed by atoms with Crippen LogP contribution in [0, 0.1) is 0 Å². The Balaban J connectivity index is 1.63. The first-order valence-corrected chi connectivity index (χ1v) is 12.2. The van der Waals surface area contributed by atoms with Gasteiger partial charge in [-0.2, -0.15) is 0 Å². The van der Waals surface area contributed by atoms with Crippen LogP contribution in [0.1, 0.15) is 18.1 Å². The fourth-order valence-electron chi connectivity index (χ4n) is 3.00. The molecule has 3 rings (SSSR count). The topological polar surface area (TPSA) is 55.4 Å². The zero-order valence-electron chi connectivity index (χ0n) is 16.8. The molecule has 3 aromatic rings. The molecule has 31 heavy (non-hydrogen) atoms. The number of thiocarbonyl (C=S) groups is 1. The first-order valence-electron chi connectivity index (χ1n) is 9.56. The van der Waals surface area contributed by atoms with Crippen molar-refractivity contribution < 1.29 is 13.2 Å². The zero-order valence-corrected chi connectivity index (χ0v) is 19.9. The molecule has 0 heterocycles. The molecule has 4 nitrogen and oxygen atoms in total. The summed E-state index contributed by atoms with van der Waals surface area (Å²) in [7, 11) is -3.76. The van der Waals surface area contributed by atoms with Crippen LogP contribution in [0.4, 0.5) is 5.69 Å². The summed E-state index contributed by atoms with van der Waals surface area (Å²) in [6.07, 6.45) is 1.25. The van der Waals surface area contributed by atoms with E-state index in [2.05, 4.69) is 4.72 Å². The Morgan fingerprint density at radius 2 is 1.42 bits per heavy atom. The predicted octanol–water partition coefficient (Wildman–Crippen LogP) is 6.35. The van der Waals surface area contributed by atoms with Gasteiger partial charge in [-0.05, 0) is 60.5 Å². The summed E-state index contributed by atoms with van der Waals surface area (Å²) in [5.74, 6) is 0.836. The van der Waals surface area contributed by atoms with Crippen LogP contribution in [-0.2, 0) is 22.9 Å². The van der Waals surface area contributed by atoms with E-state index in [1.54, 1.807) is 24.3 Å². The fraction of sp³-hybridized carbons (Fsp3) is 0.174. The van der Waals surface area contributed by atoms with Gasteiger partial charge in [0.1, 0.15) is 5.75 Å². The van der Waals surface area contributed by atoms with E-state index in [0.29, 0.717) is 35.2 Å². The van der Waals surface area contributed by atoms with Crippen molar-refractivity contribution in [1.82, 2.24) is 0 Å². The van der Waals surface area contributed by atoms with Crippen LogP contribution in [0.2, 0.25) is 10.0 Å². The van der Waals surface area contributed by atoms with Crippen LogP contribution >= 0.6 is 35.4 Å². The molecule has 0 saturated carbocycles. The maximum Gasteiger partial charge on any atom is 0.261 e. The van der Waals surface area contributed by atoms with Crippen molar-refractivity contribution in [3.05, 3.63) is 87.9 Å². The largest absolute Gasteiger partial charge is 0.494 e. The average Bonchev–Trinajstić information content (AvgIpc) is 2.69. The van der Waals surface area contributed by atoms with Gasteiger partial charge < -0.3 is 4.74 Å². The number of halogens is 2. The predicted molar refractivity (Wildman–Crippen MR) is 131 cm³/mol. The number of ether oxygens (including phenoxy) is 1. The quantitative estimate of drug-likeness (QED) is 0.353. The number of sulfonamides is 1. The molecule has 0 fully saturated rings. The Labute approximate surface area is 198 Å². The second-order valence-corrected chi connectivity index (χ2v) is 10.0. The molecule has 0 unspecified atom stereocenters. The molecule has 0 spiro atoms. The van der Waals surface area contributed by atoms with Gasteiger partial charge in [0, 0.05) is 27.8 Å². The molecule has 8 heteroatoms. The Hall–Kier alpha value is -2.12. The minimum atomic E-state index is -3.76. The molecule has 0 aliphatic rings. The van der Waals surface area contributed by atoms with Gasteiger partial charge in [0.25, 0.3) is 10.0 Å². The van der Waals surface area contributed by atoms with Crippen LogP contribution in [0.5, 0.6) is 5.75 Å². The second kappa shape index (κ2) is 10.5. The fourth-order valence-corrected chi connectivity index (χ4v) is 4.90. The molecule has 1 N–H and O–H groups in total. The standard InChI is InChI=1S/C23H21Cl2NO3S2/c1-2-29-21-7-3-16(4-8-21)11-22(30)12-17-5-9-23(10-6-17)31(27,28)26-20-14-18(24)13-19(25)15-20/h3-10,13-15,26H,2,11-12H2,1H3. The molecule has 162 valence electrons. The van der Waals surface area contributed by atoms with E-state index >= 15 is 0 Å². The molecule has 3 aromatic carbocycles. The third-order valence-electron chi connectivity index (χ3n) is 4.39. The van der Waals surface area contributed by atoms with Gasteiger partial charge in [-0.15, -0.1) is 0 Å². The number of hydrogen-bond donors (Lipinski definition) is 1. The smallest absolute Gasteiger partial charge is 0.261 e. The molecule has 0 saturated heterocycles. The summed E-state index contributed by atoms with van der Waals surface area (Å²) in [4.78, 5) is 1.01. The van der Waals surface area contributed by atoms with Gasteiger partial charge in [-0.25, -0.2) is 8.42 Å². The summed E-state index contributed by atoms with van der Waals surface area (Å²) in [6.45, 7) is 2.58. The van der Waals surface area contributed by atoms with Crippen molar-refractivity contribution in [2.45, 2.75) is 24.7 Å². The third kappa shape index (κ3) is 6.94. The lowest BCUT2D eigenvalue weighted by Crippen LogP contribution is -2.13. The summed E-state index contributed by atoms with van der Waals surface area (Å²) in [5, 5.41) is 0.697. The monoisotopic (exact) mass is 493 g/mol. The first-order chi connectivity index (χ1) is 14.7. The molecule has 0 amide bonds. The van der Waals surface area contributed by atoms with Crippen molar-refractivity contribution in [3.8, 4) is 5.75 Å². The molecule has 0 aliphatic heterocycles. The normalized spacial score (nSPS) is 11.2. The van der Waals surface area contributed by atoms with Crippen LogP contribution in [0.25, 0.3) is 0 Å². The highest BCUT2D eigenvalue weighted by Crippen LogP contribution is 2.25. The Kier molecular flexibility index (Phi) is 7.94. The zero-order chi connectivity index (χ0) is 22.4. The van der Waals surface area contributed by atoms with Crippen molar-refractivity contribution in [3.63, 3.8) is 0 Å². The number of rotatable bonds is 9. The number of benzene rings is 3. The molecule has 0 atom stereocenters. The van der Waals surface area contributed by atoms with E-state index in [1.165, 1.54) is 18.2 Å². The third-order valence-corrected chi connectivity index (χ3v) is 6.51. The summed E-state index contributed by atoms with van der Waals surface area (Å²) in [6, 6.07) is 19.0. The summed E-state index contributed by atoms with van der Waals surface area (Å²) >= 11 is 17.4. The van der Waals surface area contributed by atoms with Crippen LogP contribution in [-0.4, -0.2) is 19.9 Å². The number of anilines is 1. The molecular weight excluding hydrogens is 473 g/mol. The Bertz CT molecular complexity index is 1140. The van der Waals surface area contributed by atoms with Crippen molar-refractivity contribution >= 4 is 56.0 Å². The van der Waals surface area contributed by atoms with Crippen molar-refractivity contribution in [2.24, 2.45) is 0 Å². The lowest BCUT2D eigenvalue weighted by Gasteiger charge is -2.10. The van der Waals surface area contributed by atoms with Gasteiger partial charge >= 0.3 is 0 Å². The summed E-state index contributed by atoms with van der Waals surface area (Å²) in [5.41, 5.74) is 2.36. The highest BCUT2D eigenvalue weighted by Gasteiger charge is 2.15. The van der Waals surface area contributed by atoms with Gasteiger partial charge in [-0.3, -0.25) is 4.72 Å². The molecule has 0 aromatic heterocycles. The minimum Gasteiger partial charge on any atom is -0.494 e. The average molecular weight is 494 g/mol. The number of nitrogens with one attached hydrogen (secondary N) is 1. The van der Waals surface area contributed by atoms with Crippen LogP contribution < -0.4 is 9.46 Å². The second-order valence-electron chi connectivity index (χ2n) is 6.88.